The molecule has 1 atom stereocenters. The van der Waals surface area contributed by atoms with Gasteiger partial charge in [0.1, 0.15) is 5.76 Å². The molecule has 2 aromatic heterocycles. The third-order valence-electron chi connectivity index (χ3n) is 3.64. The number of pyridine rings is 2. The molecular formula is C16H11F3N4O3. The van der Waals surface area contributed by atoms with E-state index in [1.807, 2.05) is 0 Å². The van der Waals surface area contributed by atoms with E-state index < -0.39 is 22.5 Å². The van der Waals surface area contributed by atoms with Crippen LogP contribution in [0.5, 0.6) is 5.75 Å². The molecule has 0 saturated heterocycles. The molecule has 26 heavy (non-hydrogen) atoms. The number of alkyl halides is 3. The molecule has 0 fully saturated rings. The number of hydrogen-bond donors (Lipinski definition) is 1. The number of halogens is 3. The van der Waals surface area contributed by atoms with Crippen LogP contribution in [0.25, 0.3) is 0 Å². The van der Waals surface area contributed by atoms with Gasteiger partial charge < -0.3 is 20.2 Å². The maximum absolute atomic E-state index is 13.8. The first-order chi connectivity index (χ1) is 12.3. The van der Waals surface area contributed by atoms with Gasteiger partial charge in [0.2, 0.25) is 0 Å². The summed E-state index contributed by atoms with van der Waals surface area (Å²) < 4.78 is 46.9. The second-order valence-corrected chi connectivity index (χ2v) is 5.28. The van der Waals surface area contributed by atoms with E-state index in [-0.39, 0.29) is 17.1 Å². The largest absolute Gasteiger partial charge is 0.454 e. The highest BCUT2D eigenvalue weighted by atomic mass is 19.4. The first-order valence-electron chi connectivity index (χ1n) is 7.24. The van der Waals surface area contributed by atoms with Crippen LogP contribution in [-0.2, 0) is 5.54 Å². The summed E-state index contributed by atoms with van der Waals surface area (Å²) in [6, 6.07) is 4.85. The minimum Gasteiger partial charge on any atom is -0.454 e. The maximum Gasteiger partial charge on any atom is 0.419 e. The van der Waals surface area contributed by atoms with E-state index in [9.17, 15) is 23.3 Å². The molecule has 0 spiro atoms. The Morgan fingerprint density at radius 2 is 1.92 bits per heavy atom. The molecule has 1 N–H and O–H groups in total. The zero-order valence-corrected chi connectivity index (χ0v) is 13.0. The van der Waals surface area contributed by atoms with Crippen LogP contribution in [0.2, 0.25) is 0 Å². The highest BCUT2D eigenvalue weighted by Crippen LogP contribution is 2.42. The van der Waals surface area contributed by atoms with Crippen molar-refractivity contribution in [2.24, 2.45) is 0 Å². The Bertz CT molecular complexity index is 867. The number of hydrogen-bond acceptors (Lipinski definition) is 6. The van der Waals surface area contributed by atoms with Crippen molar-refractivity contribution < 1.29 is 22.8 Å². The van der Waals surface area contributed by atoms with Crippen LogP contribution in [0.4, 0.5) is 19.0 Å². The molecule has 1 aliphatic heterocycles. The number of nitro groups is 1. The van der Waals surface area contributed by atoms with Crippen molar-refractivity contribution in [3.05, 3.63) is 82.6 Å². The van der Waals surface area contributed by atoms with Gasteiger partial charge in [-0.1, -0.05) is 0 Å². The zero-order valence-electron chi connectivity index (χ0n) is 13.0. The van der Waals surface area contributed by atoms with Gasteiger partial charge in [-0.15, -0.1) is 0 Å². The van der Waals surface area contributed by atoms with E-state index in [2.05, 4.69) is 15.3 Å². The highest BCUT2D eigenvalue weighted by molar-refractivity contribution is 5.39. The number of nitrogens with zero attached hydrogens (tertiary/aromatic N) is 3. The standard InChI is InChI=1S/C16H11F3N4O3/c17-16(18,19)15(11-3-6-20-7-4-11)9-12(5-8-22-15)26-13-1-2-14(21-10-13)23(24)25/h1-10,22H. The van der Waals surface area contributed by atoms with Gasteiger partial charge in [0.15, 0.2) is 17.5 Å². The third-order valence-corrected chi connectivity index (χ3v) is 3.64. The fourth-order valence-corrected chi connectivity index (χ4v) is 2.41. The number of ether oxygens (including phenoxy) is 1. The van der Waals surface area contributed by atoms with Crippen LogP contribution >= 0.6 is 0 Å². The van der Waals surface area contributed by atoms with Gasteiger partial charge in [0, 0.05) is 24.7 Å². The van der Waals surface area contributed by atoms with Crippen LogP contribution in [0.1, 0.15) is 5.56 Å². The Balaban J connectivity index is 1.95. The smallest absolute Gasteiger partial charge is 0.419 e. The van der Waals surface area contributed by atoms with Gasteiger partial charge in [-0.3, -0.25) is 4.98 Å². The molecule has 0 aromatic carbocycles. The predicted molar refractivity (Wildman–Crippen MR) is 83.8 cm³/mol. The van der Waals surface area contributed by atoms with Gasteiger partial charge in [-0.2, -0.15) is 13.2 Å². The molecular weight excluding hydrogens is 353 g/mol. The zero-order chi connectivity index (χ0) is 18.8. The first kappa shape index (κ1) is 17.4. The van der Waals surface area contributed by atoms with Gasteiger partial charge in [0.25, 0.3) is 0 Å². The molecule has 0 saturated carbocycles. The van der Waals surface area contributed by atoms with Crippen LogP contribution in [0, 0.1) is 10.1 Å². The molecule has 3 rings (SSSR count). The highest BCUT2D eigenvalue weighted by Gasteiger charge is 2.55. The van der Waals surface area contributed by atoms with Crippen molar-refractivity contribution in [3.8, 4) is 5.75 Å². The quantitative estimate of drug-likeness (QED) is 0.662. The Morgan fingerprint density at radius 1 is 1.19 bits per heavy atom. The van der Waals surface area contributed by atoms with Crippen LogP contribution in [0.3, 0.4) is 0 Å². The SMILES string of the molecule is O=[N+]([O-])c1ccc(OC2=CC(c3ccncc3)(C(F)(F)F)NC=C2)cn1. The van der Waals surface area contributed by atoms with Crippen molar-refractivity contribution in [2.45, 2.75) is 11.7 Å². The Kier molecular flexibility index (Phi) is 4.33. The molecule has 7 nitrogen and oxygen atoms in total. The average Bonchev–Trinajstić information content (AvgIpc) is 2.62. The normalized spacial score (nSPS) is 19.4. The Hall–Kier alpha value is -3.43. The van der Waals surface area contributed by atoms with Gasteiger partial charge in [-0.25, -0.2) is 0 Å². The summed E-state index contributed by atoms with van der Waals surface area (Å²) in [4.78, 5) is 17.2. The molecule has 134 valence electrons. The molecule has 0 aliphatic carbocycles. The molecule has 10 heteroatoms. The number of rotatable bonds is 4. The lowest BCUT2D eigenvalue weighted by Crippen LogP contribution is -2.51. The summed E-state index contributed by atoms with van der Waals surface area (Å²) in [6.45, 7) is 0. The monoisotopic (exact) mass is 364 g/mol. The summed E-state index contributed by atoms with van der Waals surface area (Å²) in [5.41, 5.74) is -2.55. The number of aromatic nitrogens is 2. The predicted octanol–water partition coefficient (Wildman–Crippen LogP) is 3.22. The van der Waals surface area contributed by atoms with Crippen LogP contribution in [0.15, 0.2) is 67.0 Å². The summed E-state index contributed by atoms with van der Waals surface area (Å²) in [6.07, 6.45) is 2.26. The van der Waals surface area contributed by atoms with Crippen molar-refractivity contribution >= 4 is 5.82 Å². The molecule has 0 radical (unpaired) electrons. The van der Waals surface area contributed by atoms with Crippen molar-refractivity contribution in [2.75, 3.05) is 0 Å². The maximum atomic E-state index is 13.8. The van der Waals surface area contributed by atoms with E-state index in [0.717, 1.165) is 24.5 Å². The third kappa shape index (κ3) is 3.21. The lowest BCUT2D eigenvalue weighted by molar-refractivity contribution is -0.389. The molecule has 0 bridgehead atoms. The second-order valence-electron chi connectivity index (χ2n) is 5.28. The molecule has 1 unspecified atom stereocenters. The lowest BCUT2D eigenvalue weighted by Gasteiger charge is -2.36. The van der Waals surface area contributed by atoms with Crippen LogP contribution < -0.4 is 10.1 Å². The van der Waals surface area contributed by atoms with Crippen molar-refractivity contribution in [1.29, 1.82) is 0 Å². The first-order valence-corrected chi connectivity index (χ1v) is 7.24. The molecule has 0 amide bonds. The second kappa shape index (κ2) is 6.47. The fourth-order valence-electron chi connectivity index (χ4n) is 2.41. The number of nitrogens with one attached hydrogen (secondary N) is 1. The van der Waals surface area contributed by atoms with E-state index in [1.165, 1.54) is 36.7 Å². The summed E-state index contributed by atoms with van der Waals surface area (Å²) in [5.74, 6) is -0.415. The van der Waals surface area contributed by atoms with Crippen molar-refractivity contribution in [1.82, 2.24) is 15.3 Å². The Labute approximate surface area is 145 Å². The summed E-state index contributed by atoms with van der Waals surface area (Å²) in [5, 5.41) is 12.9. The minimum absolute atomic E-state index is 0.0627. The Morgan fingerprint density at radius 3 is 2.50 bits per heavy atom. The fraction of sp³-hybridized carbons (Fsp3) is 0.125. The topological polar surface area (TPSA) is 90.2 Å². The van der Waals surface area contributed by atoms with Gasteiger partial charge >= 0.3 is 12.0 Å². The number of allylic oxidation sites excluding steroid dienone is 1. The van der Waals surface area contributed by atoms with E-state index in [1.54, 1.807) is 0 Å². The molecule has 3 heterocycles. The van der Waals surface area contributed by atoms with E-state index >= 15 is 0 Å². The number of dihydropyridines is 1. The van der Waals surface area contributed by atoms with Gasteiger partial charge in [0.05, 0.1) is 0 Å². The van der Waals surface area contributed by atoms with Gasteiger partial charge in [-0.05, 0) is 45.8 Å². The molecule has 2 aromatic rings. The van der Waals surface area contributed by atoms with E-state index in [0.29, 0.717) is 0 Å². The summed E-state index contributed by atoms with van der Waals surface area (Å²) in [7, 11) is 0. The average molecular weight is 364 g/mol. The minimum atomic E-state index is -4.67. The molecule has 1 aliphatic rings. The van der Waals surface area contributed by atoms with Crippen LogP contribution in [-0.4, -0.2) is 21.1 Å². The van der Waals surface area contributed by atoms with E-state index in [4.69, 9.17) is 4.74 Å². The lowest BCUT2D eigenvalue weighted by atomic mass is 9.87. The summed E-state index contributed by atoms with van der Waals surface area (Å²) >= 11 is 0. The van der Waals surface area contributed by atoms with Crippen molar-refractivity contribution in [3.63, 3.8) is 0 Å².